The van der Waals surface area contributed by atoms with E-state index in [0.29, 0.717) is 42.6 Å². The van der Waals surface area contributed by atoms with Gasteiger partial charge >= 0.3 is 36.1 Å². The van der Waals surface area contributed by atoms with Gasteiger partial charge in [0.05, 0.1) is 38.2 Å². The highest BCUT2D eigenvalue weighted by atomic mass is 16.8. The number of carbonyl (C=O) groups excluding carboxylic acids is 4. The number of carbonyl (C=O) groups is 4. The maximum atomic E-state index is 13.9. The van der Waals surface area contributed by atoms with Gasteiger partial charge < -0.3 is 111 Å². The van der Waals surface area contributed by atoms with Crippen molar-refractivity contribution in [1.82, 2.24) is 40.4 Å². The Labute approximate surface area is 394 Å². The van der Waals surface area contributed by atoms with Gasteiger partial charge in [0, 0.05) is 30.9 Å². The smallest absolute Gasteiger partial charge is 0.409 e. The normalized spacial score (nSPS) is 22.5. The van der Waals surface area contributed by atoms with E-state index in [9.17, 15) is 101 Å². The van der Waals surface area contributed by atoms with Crippen molar-refractivity contribution in [2.75, 3.05) is 27.3 Å². The first-order chi connectivity index (χ1) is 32.3. The van der Waals surface area contributed by atoms with E-state index >= 15 is 0 Å². The molecule has 1 aromatic carbocycles. The number of nitrogens with zero attached hydrogens (tertiary/aromatic N) is 4. The largest absolute Gasteiger partial charge is 0.453 e. The number of aliphatic hydroxyl groups is 16. The van der Waals surface area contributed by atoms with Crippen LogP contribution in [0.1, 0.15) is 98.2 Å². The van der Waals surface area contributed by atoms with Crippen LogP contribution in [0.4, 0.5) is 9.59 Å². The molecule has 388 valence electrons. The number of nitrogens with one attached hydrogen (secondary N) is 4. The number of amides is 4. The van der Waals surface area contributed by atoms with Crippen LogP contribution in [0.15, 0.2) is 36.7 Å². The lowest BCUT2D eigenvalue weighted by Crippen LogP contribution is -2.85. The monoisotopic (exact) mass is 1000 g/mol. The Morgan fingerprint density at radius 3 is 1.34 bits per heavy atom. The molecule has 2 aliphatic heterocycles. The molecule has 2 aromatic heterocycles. The molecule has 4 atom stereocenters. The minimum absolute atomic E-state index is 0.0497. The van der Waals surface area contributed by atoms with Crippen LogP contribution >= 0.6 is 0 Å². The van der Waals surface area contributed by atoms with Gasteiger partial charge in [0.2, 0.25) is 0 Å². The molecule has 4 heterocycles. The Balaban J connectivity index is 1.13. The van der Waals surface area contributed by atoms with Gasteiger partial charge in [-0.25, -0.2) is 19.6 Å². The number of H-pyrrole nitrogens is 2. The van der Waals surface area contributed by atoms with Gasteiger partial charge in [0.1, 0.15) is 11.6 Å². The zero-order valence-electron chi connectivity index (χ0n) is 37.2. The highest BCUT2D eigenvalue weighted by molar-refractivity contribution is 5.91. The molecule has 30 nitrogen and oxygen atoms in total. The number of methoxy groups -OCH3 is 2. The van der Waals surface area contributed by atoms with E-state index in [4.69, 9.17) is 0 Å². The fourth-order valence-corrected chi connectivity index (χ4v) is 9.47. The van der Waals surface area contributed by atoms with Crippen molar-refractivity contribution in [2.45, 2.75) is 122 Å². The summed E-state index contributed by atoms with van der Waals surface area (Å²) >= 11 is 0. The van der Waals surface area contributed by atoms with Crippen molar-refractivity contribution in [3.63, 3.8) is 0 Å². The number of imidazole rings is 2. The van der Waals surface area contributed by atoms with Crippen LogP contribution < -0.4 is 10.6 Å². The summed E-state index contributed by atoms with van der Waals surface area (Å²) in [5, 5.41) is 166. The summed E-state index contributed by atoms with van der Waals surface area (Å²) in [4.78, 5) is 68.7. The number of hydrogen-bond donors (Lipinski definition) is 20. The van der Waals surface area contributed by atoms with E-state index < -0.39 is 82.6 Å². The van der Waals surface area contributed by atoms with Gasteiger partial charge in [-0.2, -0.15) is 0 Å². The number of ether oxygens (including phenoxy) is 2. The molecule has 0 bridgehead atoms. The second-order valence-corrected chi connectivity index (χ2v) is 17.5. The predicted octanol–water partition coefficient (Wildman–Crippen LogP) is -6.36. The molecule has 0 spiro atoms. The lowest BCUT2D eigenvalue weighted by Gasteiger charge is -2.49. The maximum Gasteiger partial charge on any atom is 0.409 e. The minimum Gasteiger partial charge on any atom is -0.453 e. The van der Waals surface area contributed by atoms with Crippen molar-refractivity contribution in [3.8, 4) is 11.3 Å². The highest BCUT2D eigenvalue weighted by Crippen LogP contribution is 2.45. The number of aromatic amines is 2. The topological polar surface area (TPSA) is 498 Å². The lowest BCUT2D eigenvalue weighted by molar-refractivity contribution is -0.519. The summed E-state index contributed by atoms with van der Waals surface area (Å²) in [6.45, 7) is -0.490. The quantitative estimate of drug-likeness (QED) is 0.0630. The maximum absolute atomic E-state index is 13.9. The molecular weight excluding hydrogens is 944 g/mol. The van der Waals surface area contributed by atoms with E-state index in [0.717, 1.165) is 29.6 Å². The molecule has 4 unspecified atom stereocenters. The van der Waals surface area contributed by atoms with E-state index in [1.807, 2.05) is 24.3 Å². The van der Waals surface area contributed by atoms with E-state index in [2.05, 4.69) is 29.4 Å². The lowest BCUT2D eigenvalue weighted by atomic mass is 9.77. The van der Waals surface area contributed by atoms with Gasteiger partial charge in [-0.1, -0.05) is 24.3 Å². The van der Waals surface area contributed by atoms with Gasteiger partial charge in [-0.05, 0) is 68.4 Å². The zero-order valence-corrected chi connectivity index (χ0v) is 37.2. The molecule has 1 aliphatic carbocycles. The Morgan fingerprint density at radius 2 is 0.943 bits per heavy atom. The summed E-state index contributed by atoms with van der Waals surface area (Å²) in [6.07, 6.45) is 2.96. The molecule has 1 saturated carbocycles. The number of likely N-dealkylation sites (tertiary alicyclic amines) is 2. The second kappa shape index (κ2) is 18.9. The summed E-state index contributed by atoms with van der Waals surface area (Å²) < 4.78 is 8.63. The average Bonchev–Trinajstić information content (AvgIpc) is 4.14. The van der Waals surface area contributed by atoms with Crippen LogP contribution in [0.5, 0.6) is 0 Å². The van der Waals surface area contributed by atoms with Crippen molar-refractivity contribution >= 4 is 24.0 Å². The number of hydrogen-bond acceptors (Lipinski definition) is 24. The molecule has 4 amide bonds. The minimum atomic E-state index is -4.86. The molecule has 30 heteroatoms. The molecule has 6 rings (SSSR count). The SMILES string of the molecule is COC(=O)NC(O)(C(=O)N1CCCC1c1ncc(-c2ccc(C3CCC(c4cnc(C5CCCN5C(=O)C(O)(NC(=O)OC)C(O)(C(O)(O)O)C(O)(O)O)[nH]4)CC3)cc2)[nH]1)C(O)(C(O)(O)O)C(O)(O)O. The van der Waals surface area contributed by atoms with Gasteiger partial charge in [0.25, 0.3) is 34.5 Å². The van der Waals surface area contributed by atoms with Crippen LogP contribution in [0.2, 0.25) is 0 Å². The fourth-order valence-electron chi connectivity index (χ4n) is 9.47. The summed E-state index contributed by atoms with van der Waals surface area (Å²) in [5.74, 6) is -22.8. The highest BCUT2D eigenvalue weighted by Gasteiger charge is 2.79. The number of benzene rings is 1. The molecule has 3 fully saturated rings. The molecule has 2 saturated heterocycles. The fraction of sp³-hybridized carbons (Fsp3) is 0.600. The Morgan fingerprint density at radius 1 is 0.557 bits per heavy atom. The third-order valence-electron chi connectivity index (χ3n) is 13.3. The van der Waals surface area contributed by atoms with E-state index in [1.165, 1.54) is 23.0 Å². The molecule has 20 N–H and O–H groups in total. The Bertz CT molecular complexity index is 2350. The number of rotatable bonds is 15. The first-order valence-corrected chi connectivity index (χ1v) is 21.4. The Kier molecular flexibility index (Phi) is 14.5. The summed E-state index contributed by atoms with van der Waals surface area (Å²) in [6, 6.07) is 5.28. The molecule has 3 aliphatic rings. The summed E-state index contributed by atoms with van der Waals surface area (Å²) in [7, 11) is 1.46. The standard InChI is InChI=1S/C40H56N8O22/c1-69-31(51)45-33(53,35(55,37(57,58)59)38(60,61)62)29(49)47-15-3-5-25(47)27-41-17-23(43-27)21-11-7-19(8-12-21)20-9-13-22(14-10-20)24-18-42-28(44-24)26-6-4-16-48(26)30(50)34(54,46-32(52)70-2)36(56,39(63,64)65)40(66,67)68/h7-8,11-12,17-18,20,22,25-26,53-68H,3-6,9-10,13-16H2,1-2H3,(H,41,43)(H,42,44)(H,45,51)(H,46,52). The van der Waals surface area contributed by atoms with Gasteiger partial charge in [-0.15, -0.1) is 0 Å². The summed E-state index contributed by atoms with van der Waals surface area (Å²) in [5.41, 5.74) is -15.5. The number of alkyl carbamates (subject to hydrolysis) is 2. The van der Waals surface area contributed by atoms with Crippen LogP contribution in [0.25, 0.3) is 11.3 Å². The molecule has 3 aromatic rings. The Hall–Kier alpha value is -5.52. The molecule has 0 radical (unpaired) electrons. The van der Waals surface area contributed by atoms with E-state index in [1.54, 1.807) is 0 Å². The number of aromatic nitrogens is 4. The van der Waals surface area contributed by atoms with Crippen LogP contribution in [0, 0.1) is 0 Å². The van der Waals surface area contributed by atoms with Crippen LogP contribution in [-0.4, -0.2) is 209 Å². The molecular formula is C40H56N8O22. The van der Waals surface area contributed by atoms with Crippen LogP contribution in [-0.2, 0) is 19.1 Å². The third kappa shape index (κ3) is 9.17. The van der Waals surface area contributed by atoms with Crippen molar-refractivity contribution in [2.24, 2.45) is 0 Å². The van der Waals surface area contributed by atoms with Gasteiger partial charge in [-0.3, -0.25) is 20.2 Å². The van der Waals surface area contributed by atoms with E-state index in [-0.39, 0.29) is 62.3 Å². The van der Waals surface area contributed by atoms with Crippen molar-refractivity contribution < 1.29 is 110 Å². The van der Waals surface area contributed by atoms with Gasteiger partial charge in [0.15, 0.2) is 0 Å². The molecule has 70 heavy (non-hydrogen) atoms. The average molecular weight is 1000 g/mol. The first-order valence-electron chi connectivity index (χ1n) is 21.4. The van der Waals surface area contributed by atoms with Crippen molar-refractivity contribution in [1.29, 1.82) is 0 Å². The predicted molar refractivity (Wildman–Crippen MR) is 222 cm³/mol. The third-order valence-corrected chi connectivity index (χ3v) is 13.3. The zero-order chi connectivity index (χ0) is 52.2. The second-order valence-electron chi connectivity index (χ2n) is 17.5. The first kappa shape index (κ1) is 53.8. The van der Waals surface area contributed by atoms with Crippen molar-refractivity contribution in [3.05, 3.63) is 59.6 Å². The van der Waals surface area contributed by atoms with Crippen LogP contribution in [0.3, 0.4) is 0 Å².